The Kier molecular flexibility index (Phi) is 4.97. The molecule has 0 atom stereocenters. The average molecular weight is 353 g/mol. The van der Waals surface area contributed by atoms with Crippen LogP contribution in [0.1, 0.15) is 15.9 Å². The first-order valence-electron chi connectivity index (χ1n) is 6.82. The van der Waals surface area contributed by atoms with E-state index < -0.39 is 10.0 Å². The van der Waals surface area contributed by atoms with E-state index in [1.165, 1.54) is 29.2 Å². The van der Waals surface area contributed by atoms with E-state index >= 15 is 0 Å². The van der Waals surface area contributed by atoms with Gasteiger partial charge in [-0.05, 0) is 36.8 Å². The van der Waals surface area contributed by atoms with E-state index in [1.54, 1.807) is 39.2 Å². The minimum absolute atomic E-state index is 0.189. The van der Waals surface area contributed by atoms with Crippen LogP contribution in [0.5, 0.6) is 0 Å². The second-order valence-corrected chi connectivity index (χ2v) is 7.32. The van der Waals surface area contributed by atoms with Crippen molar-refractivity contribution < 1.29 is 13.2 Å². The fourth-order valence-electron chi connectivity index (χ4n) is 2.06. The molecule has 0 aliphatic heterocycles. The van der Waals surface area contributed by atoms with E-state index in [-0.39, 0.29) is 15.8 Å². The van der Waals surface area contributed by atoms with Gasteiger partial charge in [0.25, 0.3) is 15.9 Å². The highest BCUT2D eigenvalue weighted by Gasteiger charge is 2.18. The van der Waals surface area contributed by atoms with E-state index in [0.717, 1.165) is 0 Å². The molecule has 0 fully saturated rings. The summed E-state index contributed by atoms with van der Waals surface area (Å²) in [6.45, 7) is 1.72. The fourth-order valence-corrected chi connectivity index (χ4v) is 3.62. The molecular formula is C16H17ClN2O3S. The van der Waals surface area contributed by atoms with E-state index in [9.17, 15) is 13.2 Å². The molecule has 1 N–H and O–H groups in total. The minimum atomic E-state index is -3.71. The van der Waals surface area contributed by atoms with Gasteiger partial charge in [-0.15, -0.1) is 0 Å². The molecule has 0 aliphatic rings. The summed E-state index contributed by atoms with van der Waals surface area (Å²) in [6.07, 6.45) is 0. The number of halogens is 1. The Labute approximate surface area is 140 Å². The third-order valence-electron chi connectivity index (χ3n) is 3.24. The van der Waals surface area contributed by atoms with Gasteiger partial charge in [-0.3, -0.25) is 9.52 Å². The summed E-state index contributed by atoms with van der Waals surface area (Å²) in [6, 6.07) is 11.1. The molecule has 7 heteroatoms. The number of aryl methyl sites for hydroxylation is 1. The topological polar surface area (TPSA) is 66.5 Å². The maximum Gasteiger partial charge on any atom is 0.262 e. The molecule has 0 heterocycles. The Balaban J connectivity index is 2.33. The van der Waals surface area contributed by atoms with Crippen LogP contribution in [0.2, 0.25) is 5.02 Å². The molecule has 0 unspecified atom stereocenters. The third-order valence-corrected chi connectivity index (χ3v) is 5.10. The number of carbonyl (C=O) groups is 1. The summed E-state index contributed by atoms with van der Waals surface area (Å²) in [5.41, 5.74) is 1.26. The highest BCUT2D eigenvalue weighted by Crippen LogP contribution is 2.25. The van der Waals surface area contributed by atoms with Crippen LogP contribution in [0.25, 0.3) is 0 Å². The number of nitrogens with zero attached hydrogens (tertiary/aromatic N) is 1. The molecule has 122 valence electrons. The monoisotopic (exact) mass is 352 g/mol. The van der Waals surface area contributed by atoms with Crippen LogP contribution >= 0.6 is 11.6 Å². The standard InChI is InChI=1S/C16H17ClN2O3S/c1-11-6-4-5-7-15(11)23(21,22)18-12-8-9-13(14(17)10-12)16(20)19(2)3/h4-10,18H,1-3H3. The number of amides is 1. The Morgan fingerprint density at radius 2 is 1.78 bits per heavy atom. The Morgan fingerprint density at radius 1 is 1.13 bits per heavy atom. The van der Waals surface area contributed by atoms with Gasteiger partial charge < -0.3 is 4.90 Å². The van der Waals surface area contributed by atoms with E-state index in [2.05, 4.69) is 4.72 Å². The summed E-state index contributed by atoms with van der Waals surface area (Å²) in [5, 5.41) is 0.189. The van der Waals surface area contributed by atoms with E-state index in [1.807, 2.05) is 0 Å². The molecule has 0 spiro atoms. The lowest BCUT2D eigenvalue weighted by Crippen LogP contribution is -2.22. The van der Waals surface area contributed by atoms with Gasteiger partial charge in [0.1, 0.15) is 0 Å². The summed E-state index contributed by atoms with van der Waals surface area (Å²) >= 11 is 6.09. The van der Waals surface area contributed by atoms with Crippen LogP contribution in [-0.4, -0.2) is 33.3 Å². The number of rotatable bonds is 4. The number of sulfonamides is 1. The molecule has 2 rings (SSSR count). The second kappa shape index (κ2) is 6.60. The van der Waals surface area contributed by atoms with Crippen molar-refractivity contribution in [3.05, 3.63) is 58.6 Å². The average Bonchev–Trinajstić information content (AvgIpc) is 2.46. The van der Waals surface area contributed by atoms with Gasteiger partial charge in [0.2, 0.25) is 0 Å². The van der Waals surface area contributed by atoms with Gasteiger partial charge in [-0.25, -0.2) is 8.42 Å². The Hall–Kier alpha value is -2.05. The molecule has 0 radical (unpaired) electrons. The van der Waals surface area contributed by atoms with Crippen molar-refractivity contribution in [3.63, 3.8) is 0 Å². The molecule has 23 heavy (non-hydrogen) atoms. The molecule has 0 aromatic heterocycles. The molecule has 0 saturated carbocycles. The van der Waals surface area contributed by atoms with Gasteiger partial charge >= 0.3 is 0 Å². The summed E-state index contributed by atoms with van der Waals surface area (Å²) in [4.78, 5) is 13.5. The molecule has 0 aliphatic carbocycles. The molecule has 2 aromatic carbocycles. The SMILES string of the molecule is Cc1ccccc1S(=O)(=O)Nc1ccc(C(=O)N(C)C)c(Cl)c1. The van der Waals surface area contributed by atoms with Crippen molar-refractivity contribution in [3.8, 4) is 0 Å². The first kappa shape index (κ1) is 17.3. The lowest BCUT2D eigenvalue weighted by atomic mass is 10.2. The summed E-state index contributed by atoms with van der Waals surface area (Å²) < 4.78 is 27.3. The third kappa shape index (κ3) is 3.83. The van der Waals surface area contributed by atoms with E-state index in [4.69, 9.17) is 11.6 Å². The quantitative estimate of drug-likeness (QED) is 0.919. The lowest BCUT2D eigenvalue weighted by Gasteiger charge is -2.14. The van der Waals surface area contributed by atoms with Crippen molar-refractivity contribution >= 4 is 33.2 Å². The number of carbonyl (C=O) groups excluding carboxylic acids is 1. The number of nitrogens with one attached hydrogen (secondary N) is 1. The van der Waals surface area contributed by atoms with Gasteiger partial charge in [0.05, 0.1) is 21.2 Å². The molecular weight excluding hydrogens is 336 g/mol. The van der Waals surface area contributed by atoms with Gasteiger partial charge in [0, 0.05) is 14.1 Å². The Bertz CT molecular complexity index is 848. The smallest absolute Gasteiger partial charge is 0.262 e. The van der Waals surface area contributed by atoms with Gasteiger partial charge in [-0.1, -0.05) is 29.8 Å². The van der Waals surface area contributed by atoms with Crippen molar-refractivity contribution in [2.24, 2.45) is 0 Å². The summed E-state index contributed by atoms with van der Waals surface area (Å²) in [5.74, 6) is -0.247. The highest BCUT2D eigenvalue weighted by atomic mass is 35.5. The van der Waals surface area contributed by atoms with Gasteiger partial charge in [-0.2, -0.15) is 0 Å². The van der Waals surface area contributed by atoms with Crippen LogP contribution in [0, 0.1) is 6.92 Å². The normalized spacial score (nSPS) is 11.1. The highest BCUT2D eigenvalue weighted by molar-refractivity contribution is 7.92. The fraction of sp³-hybridized carbons (Fsp3) is 0.188. The number of benzene rings is 2. The summed E-state index contributed by atoms with van der Waals surface area (Å²) in [7, 11) is -0.477. The van der Waals surface area contributed by atoms with Crippen LogP contribution in [-0.2, 0) is 10.0 Å². The van der Waals surface area contributed by atoms with Crippen molar-refractivity contribution in [1.29, 1.82) is 0 Å². The predicted molar refractivity (Wildman–Crippen MR) is 91.5 cm³/mol. The molecule has 2 aromatic rings. The van der Waals surface area contributed by atoms with Gasteiger partial charge in [0.15, 0.2) is 0 Å². The zero-order valence-electron chi connectivity index (χ0n) is 13.0. The number of anilines is 1. The molecule has 0 saturated heterocycles. The maximum atomic E-state index is 12.4. The zero-order valence-corrected chi connectivity index (χ0v) is 14.6. The number of hydrogen-bond donors (Lipinski definition) is 1. The second-order valence-electron chi connectivity index (χ2n) is 5.27. The first-order chi connectivity index (χ1) is 10.7. The molecule has 1 amide bonds. The first-order valence-corrected chi connectivity index (χ1v) is 8.68. The predicted octanol–water partition coefficient (Wildman–Crippen LogP) is 3.15. The van der Waals surface area contributed by atoms with Crippen molar-refractivity contribution in [2.75, 3.05) is 18.8 Å². The molecule has 0 bridgehead atoms. The largest absolute Gasteiger partial charge is 0.345 e. The number of hydrogen-bond acceptors (Lipinski definition) is 3. The minimum Gasteiger partial charge on any atom is -0.345 e. The van der Waals surface area contributed by atoms with Crippen LogP contribution in [0.15, 0.2) is 47.4 Å². The van der Waals surface area contributed by atoms with Crippen molar-refractivity contribution in [2.45, 2.75) is 11.8 Å². The van der Waals surface area contributed by atoms with Crippen LogP contribution in [0.4, 0.5) is 5.69 Å². The Morgan fingerprint density at radius 3 is 2.35 bits per heavy atom. The van der Waals surface area contributed by atoms with Crippen LogP contribution < -0.4 is 4.72 Å². The van der Waals surface area contributed by atoms with Crippen molar-refractivity contribution in [1.82, 2.24) is 4.90 Å². The zero-order chi connectivity index (χ0) is 17.2. The maximum absolute atomic E-state index is 12.4. The van der Waals surface area contributed by atoms with E-state index in [0.29, 0.717) is 16.8 Å². The van der Waals surface area contributed by atoms with Crippen LogP contribution in [0.3, 0.4) is 0 Å². The lowest BCUT2D eigenvalue weighted by molar-refractivity contribution is 0.0828. The molecule has 5 nitrogen and oxygen atoms in total.